The van der Waals surface area contributed by atoms with Crippen molar-refractivity contribution in [1.82, 2.24) is 5.32 Å². The number of amides is 1. The molecule has 1 amide bonds. The minimum atomic E-state index is -3.55. The predicted molar refractivity (Wildman–Crippen MR) is 96.5 cm³/mol. The number of hydrogen-bond donors (Lipinski definition) is 2. The molecule has 136 valence electrons. The Balaban J connectivity index is 1.98. The van der Waals surface area contributed by atoms with Crippen LogP contribution in [-0.2, 0) is 9.84 Å². The van der Waals surface area contributed by atoms with Crippen molar-refractivity contribution >= 4 is 33.0 Å². The zero-order valence-electron chi connectivity index (χ0n) is 13.7. The van der Waals surface area contributed by atoms with Gasteiger partial charge in [-0.25, -0.2) is 12.8 Å². The van der Waals surface area contributed by atoms with E-state index < -0.39 is 21.6 Å². The Bertz CT molecular complexity index is 987. The number of carbonyl (C=O) groups excluding carboxylic acids is 1. The van der Waals surface area contributed by atoms with Gasteiger partial charge in [-0.2, -0.15) is 5.26 Å². The number of rotatable bonds is 6. The van der Waals surface area contributed by atoms with Gasteiger partial charge in [0.05, 0.1) is 15.6 Å². The molecule has 0 aliphatic carbocycles. The molecule has 2 aromatic carbocycles. The third-order valence-corrected chi connectivity index (χ3v) is 5.02. The lowest BCUT2D eigenvalue weighted by Gasteiger charge is -2.10. The van der Waals surface area contributed by atoms with Gasteiger partial charge in [0.15, 0.2) is 9.84 Å². The number of anilines is 1. The summed E-state index contributed by atoms with van der Waals surface area (Å²) in [6.07, 6.45) is 1.01. The number of nitrogens with zero attached hydrogens (tertiary/aromatic N) is 1. The summed E-state index contributed by atoms with van der Waals surface area (Å²) in [4.78, 5) is 12.0. The van der Waals surface area contributed by atoms with Crippen molar-refractivity contribution < 1.29 is 17.6 Å². The van der Waals surface area contributed by atoms with Gasteiger partial charge in [0, 0.05) is 24.9 Å². The van der Waals surface area contributed by atoms with Crippen LogP contribution in [0.25, 0.3) is 0 Å². The van der Waals surface area contributed by atoms with E-state index in [4.69, 9.17) is 16.9 Å². The van der Waals surface area contributed by atoms with E-state index in [-0.39, 0.29) is 34.1 Å². The predicted octanol–water partition coefficient (Wildman–Crippen LogP) is 2.60. The molecule has 2 aromatic rings. The Morgan fingerprint density at radius 3 is 2.65 bits per heavy atom. The zero-order chi connectivity index (χ0) is 19.3. The molecule has 0 atom stereocenters. The van der Waals surface area contributed by atoms with Gasteiger partial charge in [-0.1, -0.05) is 17.7 Å². The minimum Gasteiger partial charge on any atom is -0.382 e. The van der Waals surface area contributed by atoms with E-state index in [0.717, 1.165) is 6.26 Å². The molecule has 6 nitrogen and oxygen atoms in total. The summed E-state index contributed by atoms with van der Waals surface area (Å²) in [5, 5.41) is 14.5. The number of carbonyl (C=O) groups is 1. The molecule has 0 heterocycles. The summed E-state index contributed by atoms with van der Waals surface area (Å²) in [6, 6.07) is 9.95. The van der Waals surface area contributed by atoms with Crippen LogP contribution < -0.4 is 10.6 Å². The summed E-state index contributed by atoms with van der Waals surface area (Å²) in [6.45, 7) is 0.424. The summed E-state index contributed by atoms with van der Waals surface area (Å²) in [7, 11) is -3.55. The van der Waals surface area contributed by atoms with Gasteiger partial charge in [0.1, 0.15) is 17.4 Å². The van der Waals surface area contributed by atoms with Crippen LogP contribution in [-0.4, -0.2) is 33.7 Å². The topological polar surface area (TPSA) is 99.1 Å². The highest BCUT2D eigenvalue weighted by Crippen LogP contribution is 2.22. The van der Waals surface area contributed by atoms with Gasteiger partial charge >= 0.3 is 0 Å². The van der Waals surface area contributed by atoms with Crippen molar-refractivity contribution in [2.24, 2.45) is 0 Å². The average molecular weight is 396 g/mol. The smallest absolute Gasteiger partial charge is 0.251 e. The highest BCUT2D eigenvalue weighted by atomic mass is 35.5. The van der Waals surface area contributed by atoms with Crippen molar-refractivity contribution in [2.45, 2.75) is 4.90 Å². The van der Waals surface area contributed by atoms with Gasteiger partial charge < -0.3 is 10.6 Å². The third-order valence-electron chi connectivity index (χ3n) is 3.44. The molecule has 9 heteroatoms. The Morgan fingerprint density at radius 2 is 2.00 bits per heavy atom. The molecule has 0 saturated carbocycles. The molecule has 0 aliphatic rings. The van der Waals surface area contributed by atoms with Crippen molar-refractivity contribution in [3.8, 4) is 6.07 Å². The number of benzene rings is 2. The first-order chi connectivity index (χ1) is 12.2. The van der Waals surface area contributed by atoms with Crippen LogP contribution in [0.3, 0.4) is 0 Å². The quantitative estimate of drug-likeness (QED) is 0.732. The standard InChI is InChI=1S/C17H15ClFN3O3S/c1-26(24,25)16-9-11(5-6-13(16)18)17(23)22-8-7-21-15-4-2-3-14(19)12(15)10-20/h2-6,9,21H,7-8H2,1H3,(H,22,23). The molecular formula is C17H15ClFN3O3S. The summed E-state index contributed by atoms with van der Waals surface area (Å²) < 4.78 is 36.8. The molecule has 0 aliphatic heterocycles. The first-order valence-corrected chi connectivity index (χ1v) is 9.71. The molecule has 26 heavy (non-hydrogen) atoms. The second kappa shape index (κ2) is 8.17. The number of nitriles is 1. The molecular weight excluding hydrogens is 381 g/mol. The van der Waals surface area contributed by atoms with Crippen molar-refractivity contribution in [2.75, 3.05) is 24.7 Å². The van der Waals surface area contributed by atoms with Gasteiger partial charge in [-0.3, -0.25) is 4.79 Å². The van der Waals surface area contributed by atoms with Crippen LogP contribution in [0.5, 0.6) is 0 Å². The number of halogens is 2. The Hall–Kier alpha value is -2.63. The van der Waals surface area contributed by atoms with E-state index in [0.29, 0.717) is 5.69 Å². The largest absolute Gasteiger partial charge is 0.382 e. The molecule has 2 N–H and O–H groups in total. The van der Waals surface area contributed by atoms with Gasteiger partial charge in [0.2, 0.25) is 0 Å². The van der Waals surface area contributed by atoms with Crippen LogP contribution in [0, 0.1) is 17.1 Å². The van der Waals surface area contributed by atoms with E-state index in [1.807, 2.05) is 0 Å². The Morgan fingerprint density at radius 1 is 1.27 bits per heavy atom. The third kappa shape index (κ3) is 4.71. The van der Waals surface area contributed by atoms with Crippen LogP contribution >= 0.6 is 11.6 Å². The Kier molecular flexibility index (Phi) is 6.18. The lowest BCUT2D eigenvalue weighted by molar-refractivity contribution is 0.0955. The molecule has 0 unspecified atom stereocenters. The molecule has 0 radical (unpaired) electrons. The fourth-order valence-corrected chi connectivity index (χ4v) is 3.49. The molecule has 0 bridgehead atoms. The maximum atomic E-state index is 13.5. The monoisotopic (exact) mass is 395 g/mol. The highest BCUT2D eigenvalue weighted by molar-refractivity contribution is 7.90. The second-order valence-corrected chi connectivity index (χ2v) is 7.77. The van der Waals surface area contributed by atoms with Gasteiger partial charge in [-0.15, -0.1) is 0 Å². The van der Waals surface area contributed by atoms with E-state index in [2.05, 4.69) is 10.6 Å². The summed E-state index contributed by atoms with van der Waals surface area (Å²) >= 11 is 5.84. The molecule has 0 fully saturated rings. The lowest BCUT2D eigenvalue weighted by Crippen LogP contribution is -2.29. The van der Waals surface area contributed by atoms with E-state index in [1.54, 1.807) is 12.1 Å². The molecule has 0 spiro atoms. The first-order valence-electron chi connectivity index (χ1n) is 7.44. The second-order valence-electron chi connectivity index (χ2n) is 5.37. The van der Waals surface area contributed by atoms with Crippen LogP contribution in [0.2, 0.25) is 5.02 Å². The van der Waals surface area contributed by atoms with Crippen molar-refractivity contribution in [3.05, 3.63) is 58.4 Å². The van der Waals surface area contributed by atoms with Crippen LogP contribution in [0.1, 0.15) is 15.9 Å². The van der Waals surface area contributed by atoms with Gasteiger partial charge in [0.25, 0.3) is 5.91 Å². The first kappa shape index (κ1) is 19.7. The van der Waals surface area contributed by atoms with Gasteiger partial charge in [-0.05, 0) is 30.3 Å². The lowest BCUT2D eigenvalue weighted by atomic mass is 10.2. The summed E-state index contributed by atoms with van der Waals surface area (Å²) in [5.41, 5.74) is 0.375. The van der Waals surface area contributed by atoms with Crippen molar-refractivity contribution in [1.29, 1.82) is 5.26 Å². The maximum absolute atomic E-state index is 13.5. The number of nitrogens with one attached hydrogen (secondary N) is 2. The molecule has 0 saturated heterocycles. The normalized spacial score (nSPS) is 10.8. The van der Waals surface area contributed by atoms with Crippen LogP contribution in [0.15, 0.2) is 41.3 Å². The van der Waals surface area contributed by atoms with Crippen molar-refractivity contribution in [3.63, 3.8) is 0 Å². The fraction of sp³-hybridized carbons (Fsp3) is 0.176. The summed E-state index contributed by atoms with van der Waals surface area (Å²) in [5.74, 6) is -1.11. The fourth-order valence-electron chi connectivity index (χ4n) is 2.19. The average Bonchev–Trinajstić information content (AvgIpc) is 2.58. The number of sulfone groups is 1. The number of hydrogen-bond acceptors (Lipinski definition) is 5. The molecule has 0 aromatic heterocycles. The van der Waals surface area contributed by atoms with Crippen LogP contribution in [0.4, 0.5) is 10.1 Å². The van der Waals surface area contributed by atoms with E-state index in [1.165, 1.54) is 30.3 Å². The highest BCUT2D eigenvalue weighted by Gasteiger charge is 2.15. The Labute approximate surface area is 155 Å². The van der Waals surface area contributed by atoms with E-state index >= 15 is 0 Å². The zero-order valence-corrected chi connectivity index (χ0v) is 15.3. The van der Waals surface area contributed by atoms with E-state index in [9.17, 15) is 17.6 Å². The SMILES string of the molecule is CS(=O)(=O)c1cc(C(=O)NCCNc2cccc(F)c2C#N)ccc1Cl. The maximum Gasteiger partial charge on any atom is 0.251 e. The molecule has 2 rings (SSSR count). The minimum absolute atomic E-state index is 0.0425.